The number of hydrogen-bond acceptors (Lipinski definition) is 2. The molecular formula is C6H11IN2O. The Hall–Kier alpha value is 0.450. The predicted octanol–water partition coefficient (Wildman–Crippen LogP) is 0.511. The van der Waals surface area contributed by atoms with Crippen LogP contribution >= 0.6 is 21.5 Å². The van der Waals surface area contributed by atoms with E-state index in [1.54, 1.807) is 0 Å². The van der Waals surface area contributed by atoms with Gasteiger partial charge in [0.2, 0.25) is 21.5 Å². The molecule has 0 aliphatic carbocycles. The van der Waals surface area contributed by atoms with Crippen molar-refractivity contribution in [1.29, 1.82) is 0 Å². The summed E-state index contributed by atoms with van der Waals surface area (Å²) in [5, 5.41) is 3.42. The van der Waals surface area contributed by atoms with Crippen LogP contribution in [0.3, 0.4) is 0 Å². The molecule has 0 radical (unpaired) electrons. The van der Waals surface area contributed by atoms with E-state index in [0.29, 0.717) is 6.04 Å². The Labute approximate surface area is 71.2 Å². The second kappa shape index (κ2) is 2.83. The summed E-state index contributed by atoms with van der Waals surface area (Å²) in [4.78, 5) is 0. The van der Waals surface area contributed by atoms with Gasteiger partial charge in [-0.3, -0.25) is 3.07 Å². The topological polar surface area (TPSA) is 32.3 Å². The SMILES string of the molecule is O=IN1C[C@@H]2CCN[C@@H]2C1. The molecule has 0 bridgehead atoms. The molecule has 10 heavy (non-hydrogen) atoms. The van der Waals surface area contributed by atoms with Gasteiger partial charge in [-0.05, 0) is 18.9 Å². The van der Waals surface area contributed by atoms with E-state index in [9.17, 15) is 3.07 Å². The van der Waals surface area contributed by atoms with E-state index in [4.69, 9.17) is 0 Å². The molecule has 0 aromatic heterocycles. The second-order valence-electron chi connectivity index (χ2n) is 3.01. The van der Waals surface area contributed by atoms with Crippen molar-refractivity contribution in [2.75, 3.05) is 19.6 Å². The minimum absolute atomic E-state index is 0.661. The normalized spacial score (nSPS) is 40.4. The Kier molecular flexibility index (Phi) is 2.01. The van der Waals surface area contributed by atoms with Crippen LogP contribution in [0, 0.1) is 5.92 Å². The summed E-state index contributed by atoms with van der Waals surface area (Å²) in [5.41, 5.74) is 0. The molecule has 58 valence electrons. The molecule has 2 rings (SSSR count). The zero-order valence-electron chi connectivity index (χ0n) is 5.72. The highest BCUT2D eigenvalue weighted by Crippen LogP contribution is 2.27. The van der Waals surface area contributed by atoms with E-state index in [1.165, 1.54) is 13.0 Å². The second-order valence-corrected chi connectivity index (χ2v) is 4.76. The van der Waals surface area contributed by atoms with Crippen LogP contribution in [-0.4, -0.2) is 28.8 Å². The van der Waals surface area contributed by atoms with E-state index in [-0.39, 0.29) is 0 Å². The van der Waals surface area contributed by atoms with Gasteiger partial charge in [-0.2, -0.15) is 0 Å². The molecule has 2 heterocycles. The standard InChI is InChI=1S/C6H11IN2O/c10-7-9-3-5-1-2-8-6(5)4-9/h5-6,8H,1-4H2/t5-,6+/m0/s1. The number of hydrogen-bond donors (Lipinski definition) is 1. The van der Waals surface area contributed by atoms with Crippen LogP contribution in [0.4, 0.5) is 0 Å². The van der Waals surface area contributed by atoms with Crippen molar-refractivity contribution in [3.05, 3.63) is 0 Å². The minimum atomic E-state index is -0.879. The van der Waals surface area contributed by atoms with Crippen LogP contribution in [0.5, 0.6) is 0 Å². The van der Waals surface area contributed by atoms with Crippen LogP contribution in [0.25, 0.3) is 0 Å². The number of rotatable bonds is 1. The van der Waals surface area contributed by atoms with Crippen molar-refractivity contribution in [1.82, 2.24) is 8.43 Å². The molecule has 0 aromatic rings. The molecule has 0 spiro atoms. The van der Waals surface area contributed by atoms with Crippen LogP contribution in [0.1, 0.15) is 6.42 Å². The Morgan fingerprint density at radius 2 is 2.40 bits per heavy atom. The fraction of sp³-hybridized carbons (Fsp3) is 1.00. The molecule has 0 amide bonds. The molecule has 0 aromatic carbocycles. The lowest BCUT2D eigenvalue weighted by Crippen LogP contribution is -2.27. The Bertz CT molecular complexity index is 141. The Balaban J connectivity index is 1.99. The average Bonchev–Trinajstić information content (AvgIpc) is 2.42. The van der Waals surface area contributed by atoms with E-state index in [0.717, 1.165) is 19.0 Å². The summed E-state index contributed by atoms with van der Waals surface area (Å²) in [6.45, 7) is 3.27. The maximum Gasteiger partial charge on any atom is 0.239 e. The molecule has 4 heteroatoms. The first-order valence-corrected chi connectivity index (χ1v) is 5.50. The molecule has 2 saturated heterocycles. The summed E-state index contributed by atoms with van der Waals surface area (Å²) in [5.74, 6) is 0.800. The number of nitrogens with zero attached hydrogens (tertiary/aromatic N) is 1. The van der Waals surface area contributed by atoms with Gasteiger partial charge in [0, 0.05) is 19.1 Å². The summed E-state index contributed by atoms with van der Waals surface area (Å²) in [6.07, 6.45) is 1.28. The van der Waals surface area contributed by atoms with Gasteiger partial charge >= 0.3 is 0 Å². The minimum Gasteiger partial charge on any atom is -0.312 e. The van der Waals surface area contributed by atoms with Gasteiger partial charge in [0.05, 0.1) is 0 Å². The first-order valence-electron chi connectivity index (χ1n) is 3.66. The largest absolute Gasteiger partial charge is 0.312 e. The Morgan fingerprint density at radius 3 is 3.10 bits per heavy atom. The lowest BCUT2D eigenvalue weighted by Gasteiger charge is -2.04. The van der Waals surface area contributed by atoms with E-state index in [2.05, 4.69) is 8.43 Å². The summed E-state index contributed by atoms with van der Waals surface area (Å²) < 4.78 is 12.7. The zero-order valence-corrected chi connectivity index (χ0v) is 7.87. The van der Waals surface area contributed by atoms with Crippen LogP contribution in [0.15, 0.2) is 0 Å². The Morgan fingerprint density at radius 1 is 1.50 bits per heavy atom. The van der Waals surface area contributed by atoms with Gasteiger partial charge in [0.1, 0.15) is 0 Å². The third-order valence-corrected chi connectivity index (χ3v) is 3.76. The maximum absolute atomic E-state index is 10.6. The van der Waals surface area contributed by atoms with Gasteiger partial charge in [-0.1, -0.05) is 0 Å². The van der Waals surface area contributed by atoms with Crippen LogP contribution in [-0.2, 0) is 3.07 Å². The highest BCUT2D eigenvalue weighted by molar-refractivity contribution is 14.1. The third kappa shape index (κ3) is 1.12. The van der Waals surface area contributed by atoms with Crippen molar-refractivity contribution in [3.63, 3.8) is 0 Å². The van der Waals surface area contributed by atoms with Gasteiger partial charge < -0.3 is 5.32 Å². The molecule has 1 N–H and O–H groups in total. The monoisotopic (exact) mass is 254 g/mol. The van der Waals surface area contributed by atoms with Crippen molar-refractivity contribution in [3.8, 4) is 0 Å². The molecule has 2 aliphatic heterocycles. The number of nitrogens with one attached hydrogen (secondary N) is 1. The van der Waals surface area contributed by atoms with Crippen LogP contribution < -0.4 is 5.32 Å². The summed E-state index contributed by atoms with van der Waals surface area (Å²) >= 11 is -0.879. The molecule has 0 unspecified atom stereocenters. The maximum atomic E-state index is 10.6. The highest BCUT2D eigenvalue weighted by Gasteiger charge is 2.35. The smallest absolute Gasteiger partial charge is 0.239 e. The van der Waals surface area contributed by atoms with Gasteiger partial charge in [0.25, 0.3) is 0 Å². The van der Waals surface area contributed by atoms with Crippen molar-refractivity contribution in [2.45, 2.75) is 12.5 Å². The average molecular weight is 254 g/mol. The summed E-state index contributed by atoms with van der Waals surface area (Å²) in [6, 6.07) is 0.661. The van der Waals surface area contributed by atoms with Crippen molar-refractivity contribution in [2.24, 2.45) is 5.92 Å². The first-order chi connectivity index (χ1) is 4.90. The molecule has 0 saturated carbocycles. The quantitative estimate of drug-likeness (QED) is 0.546. The molecular weight excluding hydrogens is 243 g/mol. The fourth-order valence-electron chi connectivity index (χ4n) is 1.85. The lowest BCUT2D eigenvalue weighted by molar-refractivity contribution is 0.540. The van der Waals surface area contributed by atoms with Crippen molar-refractivity contribution < 1.29 is 3.07 Å². The summed E-state index contributed by atoms with van der Waals surface area (Å²) in [7, 11) is 0. The predicted molar refractivity (Wildman–Crippen MR) is 46.2 cm³/mol. The van der Waals surface area contributed by atoms with E-state index < -0.39 is 21.5 Å². The number of halogens is 1. The first kappa shape index (κ1) is 7.12. The lowest BCUT2D eigenvalue weighted by atomic mass is 10.1. The van der Waals surface area contributed by atoms with Gasteiger partial charge in [-0.25, -0.2) is 3.11 Å². The van der Waals surface area contributed by atoms with Gasteiger partial charge in [0.15, 0.2) is 0 Å². The number of fused-ring (bicyclic) bond motifs is 1. The van der Waals surface area contributed by atoms with E-state index in [1.807, 2.05) is 0 Å². The molecule has 2 fully saturated rings. The van der Waals surface area contributed by atoms with E-state index >= 15 is 0 Å². The van der Waals surface area contributed by atoms with Gasteiger partial charge in [-0.15, -0.1) is 0 Å². The fourth-order valence-corrected chi connectivity index (χ4v) is 3.10. The molecule has 2 atom stereocenters. The van der Waals surface area contributed by atoms with Crippen molar-refractivity contribution >= 4 is 21.5 Å². The molecule has 3 nitrogen and oxygen atoms in total. The van der Waals surface area contributed by atoms with Crippen LogP contribution in [0.2, 0.25) is 0 Å². The molecule has 2 aliphatic rings. The third-order valence-electron chi connectivity index (χ3n) is 2.42. The zero-order chi connectivity index (χ0) is 6.97. The highest BCUT2D eigenvalue weighted by atomic mass is 127.